The van der Waals surface area contributed by atoms with Gasteiger partial charge in [-0.15, -0.1) is 12.3 Å². The predicted octanol–water partition coefficient (Wildman–Crippen LogP) is 2.75. The Hall–Kier alpha value is -1.27. The van der Waals surface area contributed by atoms with Crippen molar-refractivity contribution in [2.75, 3.05) is 6.54 Å². The Morgan fingerprint density at radius 2 is 2.24 bits per heavy atom. The number of nitrogens with one attached hydrogen (secondary N) is 1. The fraction of sp³-hybridized carbons (Fsp3) is 0.643. The lowest BCUT2D eigenvalue weighted by Gasteiger charge is -2.12. The molecule has 1 N–H and O–H groups in total. The average molecular weight is 233 g/mol. The molecule has 1 heterocycles. The summed E-state index contributed by atoms with van der Waals surface area (Å²) in [4.78, 5) is 0. The van der Waals surface area contributed by atoms with Crippen molar-refractivity contribution in [2.24, 2.45) is 0 Å². The number of aromatic nitrogens is 2. The van der Waals surface area contributed by atoms with E-state index in [-0.39, 0.29) is 0 Å². The molecule has 3 nitrogen and oxygen atoms in total. The van der Waals surface area contributed by atoms with Gasteiger partial charge in [0, 0.05) is 19.2 Å². The number of hydrogen-bond acceptors (Lipinski definition) is 2. The van der Waals surface area contributed by atoms with Gasteiger partial charge in [-0.1, -0.05) is 13.8 Å². The molecule has 0 aliphatic carbocycles. The van der Waals surface area contributed by atoms with E-state index < -0.39 is 0 Å². The van der Waals surface area contributed by atoms with Crippen molar-refractivity contribution in [3.63, 3.8) is 0 Å². The number of terminal acetylenes is 1. The van der Waals surface area contributed by atoms with Gasteiger partial charge in [0.2, 0.25) is 0 Å². The molecule has 1 rings (SSSR count). The van der Waals surface area contributed by atoms with Crippen molar-refractivity contribution in [3.05, 3.63) is 18.0 Å². The molecule has 0 saturated heterocycles. The van der Waals surface area contributed by atoms with Crippen molar-refractivity contribution in [1.82, 2.24) is 15.1 Å². The highest BCUT2D eigenvalue weighted by Crippen LogP contribution is 2.14. The summed E-state index contributed by atoms with van der Waals surface area (Å²) < 4.78 is 2.08. The molecule has 0 fully saturated rings. The van der Waals surface area contributed by atoms with Crippen molar-refractivity contribution >= 4 is 0 Å². The van der Waals surface area contributed by atoms with Crippen molar-refractivity contribution in [2.45, 2.75) is 52.1 Å². The zero-order valence-corrected chi connectivity index (χ0v) is 10.9. The third-order valence-electron chi connectivity index (χ3n) is 2.96. The first-order valence-electron chi connectivity index (χ1n) is 6.50. The van der Waals surface area contributed by atoms with E-state index in [1.807, 2.05) is 0 Å². The third kappa shape index (κ3) is 4.62. The van der Waals surface area contributed by atoms with Crippen LogP contribution < -0.4 is 5.32 Å². The van der Waals surface area contributed by atoms with Crippen LogP contribution >= 0.6 is 0 Å². The molecule has 0 aliphatic heterocycles. The van der Waals surface area contributed by atoms with Gasteiger partial charge in [-0.25, -0.2) is 0 Å². The van der Waals surface area contributed by atoms with Gasteiger partial charge < -0.3 is 5.32 Å². The summed E-state index contributed by atoms with van der Waals surface area (Å²) in [6.07, 6.45) is 11.4. The van der Waals surface area contributed by atoms with Crippen molar-refractivity contribution in [3.8, 4) is 12.3 Å². The van der Waals surface area contributed by atoms with Crippen molar-refractivity contribution < 1.29 is 0 Å². The lowest BCUT2D eigenvalue weighted by molar-refractivity contribution is 0.424. The molecule has 3 heteroatoms. The molecule has 0 aliphatic rings. The molecule has 94 valence electrons. The van der Waals surface area contributed by atoms with E-state index in [1.165, 1.54) is 0 Å². The molecule has 1 aromatic rings. The normalized spacial score (nSPS) is 10.7. The Morgan fingerprint density at radius 3 is 2.88 bits per heavy atom. The Kier molecular flexibility index (Phi) is 6.42. The Morgan fingerprint density at radius 1 is 1.47 bits per heavy atom. The number of nitrogens with zero attached hydrogens (tertiary/aromatic N) is 2. The fourth-order valence-corrected chi connectivity index (χ4v) is 1.87. The zero-order chi connectivity index (χ0) is 12.5. The molecule has 0 spiro atoms. The lowest BCUT2D eigenvalue weighted by Crippen LogP contribution is -2.15. The smallest absolute Gasteiger partial charge is 0.0762 e. The van der Waals surface area contributed by atoms with E-state index in [9.17, 15) is 0 Å². The minimum Gasteiger partial charge on any atom is -0.311 e. The second-order valence-corrected chi connectivity index (χ2v) is 4.24. The van der Waals surface area contributed by atoms with Gasteiger partial charge in [-0.05, 0) is 31.9 Å². The molecule has 0 saturated carbocycles. The largest absolute Gasteiger partial charge is 0.311 e. The molecular formula is C14H23N3. The van der Waals surface area contributed by atoms with Crippen LogP contribution in [0.1, 0.15) is 51.3 Å². The SMILES string of the molecule is C#CCCCNCc1ccn(C(CC)CC)n1. The van der Waals surface area contributed by atoms with Crippen LogP contribution in [0.5, 0.6) is 0 Å². The highest BCUT2D eigenvalue weighted by molar-refractivity contribution is 4.99. The first kappa shape index (κ1) is 13.8. The van der Waals surface area contributed by atoms with E-state index in [0.717, 1.165) is 44.5 Å². The monoisotopic (exact) mass is 233 g/mol. The average Bonchev–Trinajstić information content (AvgIpc) is 2.79. The lowest BCUT2D eigenvalue weighted by atomic mass is 10.2. The van der Waals surface area contributed by atoms with Crippen LogP contribution in [0.4, 0.5) is 0 Å². The maximum atomic E-state index is 5.20. The minimum atomic E-state index is 0.533. The topological polar surface area (TPSA) is 29.9 Å². The van der Waals surface area contributed by atoms with Crippen LogP contribution in [0.2, 0.25) is 0 Å². The number of rotatable bonds is 8. The molecule has 1 aromatic heterocycles. The summed E-state index contributed by atoms with van der Waals surface area (Å²) in [5.74, 6) is 2.64. The Labute approximate surface area is 105 Å². The van der Waals surface area contributed by atoms with Crippen LogP contribution in [-0.2, 0) is 6.54 Å². The quantitative estimate of drug-likeness (QED) is 0.552. The van der Waals surface area contributed by atoms with E-state index >= 15 is 0 Å². The van der Waals surface area contributed by atoms with Gasteiger partial charge in [-0.3, -0.25) is 4.68 Å². The zero-order valence-electron chi connectivity index (χ0n) is 10.9. The summed E-state index contributed by atoms with van der Waals surface area (Å²) in [5.41, 5.74) is 1.11. The molecular weight excluding hydrogens is 210 g/mol. The second kappa shape index (κ2) is 7.92. The predicted molar refractivity (Wildman–Crippen MR) is 71.6 cm³/mol. The molecule has 0 bridgehead atoms. The van der Waals surface area contributed by atoms with E-state index in [1.54, 1.807) is 0 Å². The summed E-state index contributed by atoms with van der Waals surface area (Å²) in [6.45, 7) is 6.20. The van der Waals surface area contributed by atoms with Gasteiger partial charge in [0.05, 0.1) is 11.7 Å². The molecule has 0 aromatic carbocycles. The number of hydrogen-bond donors (Lipinski definition) is 1. The maximum Gasteiger partial charge on any atom is 0.0762 e. The van der Waals surface area contributed by atoms with Crippen LogP contribution in [0.3, 0.4) is 0 Å². The summed E-state index contributed by atoms with van der Waals surface area (Å²) in [7, 11) is 0. The van der Waals surface area contributed by atoms with Gasteiger partial charge >= 0.3 is 0 Å². The summed E-state index contributed by atoms with van der Waals surface area (Å²) in [6, 6.07) is 2.62. The third-order valence-corrected chi connectivity index (χ3v) is 2.96. The molecule has 17 heavy (non-hydrogen) atoms. The van der Waals surface area contributed by atoms with Gasteiger partial charge in [0.15, 0.2) is 0 Å². The first-order chi connectivity index (χ1) is 8.31. The van der Waals surface area contributed by atoms with E-state index in [0.29, 0.717) is 6.04 Å². The first-order valence-corrected chi connectivity index (χ1v) is 6.50. The van der Waals surface area contributed by atoms with E-state index in [4.69, 9.17) is 6.42 Å². The van der Waals surface area contributed by atoms with Crippen molar-refractivity contribution in [1.29, 1.82) is 0 Å². The Bertz CT molecular complexity index is 345. The molecule has 0 atom stereocenters. The second-order valence-electron chi connectivity index (χ2n) is 4.24. The minimum absolute atomic E-state index is 0.533. The van der Waals surface area contributed by atoms with Crippen LogP contribution in [0, 0.1) is 12.3 Å². The van der Waals surface area contributed by atoms with E-state index in [2.05, 4.69) is 47.1 Å². The van der Waals surface area contributed by atoms with Crippen LogP contribution in [0.25, 0.3) is 0 Å². The summed E-state index contributed by atoms with van der Waals surface area (Å²) in [5, 5.41) is 7.94. The van der Waals surface area contributed by atoms with Gasteiger partial charge in [-0.2, -0.15) is 5.10 Å². The van der Waals surface area contributed by atoms with Crippen LogP contribution in [-0.4, -0.2) is 16.3 Å². The molecule has 0 amide bonds. The molecule has 0 radical (unpaired) electrons. The van der Waals surface area contributed by atoms with Gasteiger partial charge in [0.25, 0.3) is 0 Å². The highest BCUT2D eigenvalue weighted by atomic mass is 15.3. The standard InChI is InChI=1S/C14H23N3/c1-4-7-8-10-15-12-13-9-11-17(16-13)14(5-2)6-3/h1,9,11,14-15H,5-8,10,12H2,2-3H3. The van der Waals surface area contributed by atoms with Gasteiger partial charge in [0.1, 0.15) is 0 Å². The fourth-order valence-electron chi connectivity index (χ4n) is 1.87. The highest BCUT2D eigenvalue weighted by Gasteiger charge is 2.07. The van der Waals surface area contributed by atoms with Crippen LogP contribution in [0.15, 0.2) is 12.3 Å². The molecule has 0 unspecified atom stereocenters. The number of unbranched alkanes of at least 4 members (excludes halogenated alkanes) is 1. The Balaban J connectivity index is 2.33. The maximum absolute atomic E-state index is 5.20. The summed E-state index contributed by atoms with van der Waals surface area (Å²) >= 11 is 0.